The molecule has 2 amide bonds. The molecule has 0 radical (unpaired) electrons. The molecule has 0 bridgehead atoms. The van der Waals surface area contributed by atoms with Crippen molar-refractivity contribution in [2.24, 2.45) is 0 Å². The minimum Gasteiger partial charge on any atom is -0.465 e. The molecule has 0 aromatic heterocycles. The summed E-state index contributed by atoms with van der Waals surface area (Å²) in [5.41, 5.74) is -1.03. The molecule has 17 heavy (non-hydrogen) atoms. The van der Waals surface area contributed by atoms with Crippen molar-refractivity contribution >= 4 is 12.2 Å². The van der Waals surface area contributed by atoms with Crippen LogP contribution in [0.15, 0.2) is 0 Å². The first-order chi connectivity index (χ1) is 7.70. The van der Waals surface area contributed by atoms with E-state index in [1.165, 1.54) is 9.80 Å². The van der Waals surface area contributed by atoms with Gasteiger partial charge in [0.1, 0.15) is 0 Å². The molecule has 0 aromatic rings. The fourth-order valence-corrected chi connectivity index (χ4v) is 2.03. The lowest BCUT2D eigenvalue weighted by Crippen LogP contribution is -2.57. The minimum absolute atomic E-state index is 0.103. The lowest BCUT2D eigenvalue weighted by molar-refractivity contribution is 0.00815. The number of aliphatic hydroxyl groups is 1. The van der Waals surface area contributed by atoms with Crippen molar-refractivity contribution in [3.63, 3.8) is 0 Å². The molecular formula is C10H18N2O5. The third kappa shape index (κ3) is 3.77. The summed E-state index contributed by atoms with van der Waals surface area (Å²) in [5, 5.41) is 27.6. The summed E-state index contributed by atoms with van der Waals surface area (Å²) in [4.78, 5) is 24.2. The van der Waals surface area contributed by atoms with Crippen molar-refractivity contribution in [2.45, 2.75) is 31.9 Å². The first-order valence-corrected chi connectivity index (χ1v) is 5.40. The largest absolute Gasteiger partial charge is 0.465 e. The highest BCUT2D eigenvalue weighted by Gasteiger charge is 2.35. The van der Waals surface area contributed by atoms with Gasteiger partial charge in [0.2, 0.25) is 0 Å². The van der Waals surface area contributed by atoms with E-state index in [9.17, 15) is 14.7 Å². The number of carboxylic acid groups (broad SMARTS) is 2. The van der Waals surface area contributed by atoms with Gasteiger partial charge in [0.05, 0.1) is 11.6 Å². The molecule has 1 aliphatic heterocycles. The molecule has 1 aliphatic rings. The Morgan fingerprint density at radius 3 is 2.24 bits per heavy atom. The van der Waals surface area contributed by atoms with Gasteiger partial charge in [-0.3, -0.25) is 0 Å². The molecule has 1 atom stereocenters. The Labute approximate surface area is 99.2 Å². The molecule has 7 heteroatoms. The van der Waals surface area contributed by atoms with Gasteiger partial charge in [0.15, 0.2) is 0 Å². The number of piperazine rings is 1. The third-order valence-electron chi connectivity index (χ3n) is 2.73. The zero-order valence-electron chi connectivity index (χ0n) is 9.96. The summed E-state index contributed by atoms with van der Waals surface area (Å²) in [6.07, 6.45) is -1.93. The van der Waals surface area contributed by atoms with E-state index in [0.717, 1.165) is 0 Å². The normalized spacial score (nSPS) is 21.5. The molecule has 7 nitrogen and oxygen atoms in total. The van der Waals surface area contributed by atoms with Crippen molar-refractivity contribution in [1.29, 1.82) is 0 Å². The Morgan fingerprint density at radius 1 is 1.24 bits per heavy atom. The van der Waals surface area contributed by atoms with E-state index in [4.69, 9.17) is 10.2 Å². The van der Waals surface area contributed by atoms with E-state index >= 15 is 0 Å². The van der Waals surface area contributed by atoms with Crippen molar-refractivity contribution in [2.75, 3.05) is 19.6 Å². The summed E-state index contributed by atoms with van der Waals surface area (Å²) in [6.45, 7) is 3.57. The molecule has 3 N–H and O–H groups in total. The van der Waals surface area contributed by atoms with Gasteiger partial charge >= 0.3 is 12.2 Å². The quantitative estimate of drug-likeness (QED) is 0.658. The average Bonchev–Trinajstić information content (AvgIpc) is 2.14. The van der Waals surface area contributed by atoms with E-state index < -0.39 is 23.8 Å². The number of carbonyl (C=O) groups is 2. The van der Waals surface area contributed by atoms with Crippen LogP contribution in [0.3, 0.4) is 0 Å². The third-order valence-corrected chi connectivity index (χ3v) is 2.73. The molecule has 0 saturated carbocycles. The smallest absolute Gasteiger partial charge is 0.407 e. The first kappa shape index (κ1) is 13.6. The lowest BCUT2D eigenvalue weighted by Gasteiger charge is -2.40. The average molecular weight is 246 g/mol. The summed E-state index contributed by atoms with van der Waals surface area (Å²) in [5.74, 6) is 0. The van der Waals surface area contributed by atoms with Crippen molar-refractivity contribution in [3.05, 3.63) is 0 Å². The van der Waals surface area contributed by atoms with Crippen LogP contribution in [0.4, 0.5) is 9.59 Å². The molecule has 98 valence electrons. The van der Waals surface area contributed by atoms with E-state index in [1.54, 1.807) is 13.8 Å². The van der Waals surface area contributed by atoms with Crippen LogP contribution in [-0.2, 0) is 0 Å². The topological polar surface area (TPSA) is 101 Å². The molecule has 1 heterocycles. The fourth-order valence-electron chi connectivity index (χ4n) is 2.03. The zero-order chi connectivity index (χ0) is 13.2. The second kappa shape index (κ2) is 4.79. The van der Waals surface area contributed by atoms with Gasteiger partial charge in [-0.2, -0.15) is 0 Å². The van der Waals surface area contributed by atoms with Crippen LogP contribution in [0.5, 0.6) is 0 Å². The number of amides is 2. The monoisotopic (exact) mass is 246 g/mol. The predicted molar refractivity (Wildman–Crippen MR) is 59.0 cm³/mol. The van der Waals surface area contributed by atoms with Crippen LogP contribution in [0.2, 0.25) is 0 Å². The van der Waals surface area contributed by atoms with Gasteiger partial charge in [-0.05, 0) is 20.3 Å². The van der Waals surface area contributed by atoms with Crippen LogP contribution in [0, 0.1) is 0 Å². The summed E-state index contributed by atoms with van der Waals surface area (Å²) in [7, 11) is 0. The van der Waals surface area contributed by atoms with Crippen molar-refractivity contribution < 1.29 is 24.9 Å². The molecule has 1 fully saturated rings. The van der Waals surface area contributed by atoms with Gasteiger partial charge in [0.25, 0.3) is 0 Å². The zero-order valence-corrected chi connectivity index (χ0v) is 9.96. The molecule has 0 unspecified atom stereocenters. The first-order valence-electron chi connectivity index (χ1n) is 5.40. The standard InChI is InChI=1S/C10H18N2O5/c1-10(2,17)5-7-6-11(8(13)14)3-4-12(7)9(15)16/h7,17H,3-6H2,1-2H3,(H,13,14)(H,15,16)/t7-/m0/s1. The SMILES string of the molecule is CC(C)(O)C[C@H]1CN(C(=O)O)CCN1C(=O)O. The summed E-state index contributed by atoms with van der Waals surface area (Å²) in [6, 6.07) is -0.502. The molecular weight excluding hydrogens is 228 g/mol. The number of hydrogen-bond donors (Lipinski definition) is 3. The molecule has 1 rings (SSSR count). The maximum atomic E-state index is 11.0. The molecule has 0 aliphatic carbocycles. The minimum atomic E-state index is -1.08. The highest BCUT2D eigenvalue weighted by molar-refractivity contribution is 5.68. The van der Waals surface area contributed by atoms with Gasteiger partial charge < -0.3 is 25.1 Å². The Bertz CT molecular complexity index is 312. The van der Waals surface area contributed by atoms with Gasteiger partial charge in [-0.25, -0.2) is 9.59 Å². The fraction of sp³-hybridized carbons (Fsp3) is 0.800. The van der Waals surface area contributed by atoms with Crippen molar-refractivity contribution in [3.8, 4) is 0 Å². The predicted octanol–water partition coefficient (Wildman–Crippen LogP) is 0.490. The van der Waals surface area contributed by atoms with E-state index in [0.29, 0.717) is 0 Å². The Kier molecular flexibility index (Phi) is 3.82. The lowest BCUT2D eigenvalue weighted by atomic mass is 9.96. The van der Waals surface area contributed by atoms with E-state index in [2.05, 4.69) is 0 Å². The van der Waals surface area contributed by atoms with Crippen molar-refractivity contribution in [1.82, 2.24) is 9.80 Å². The second-order valence-electron chi connectivity index (χ2n) is 4.87. The van der Waals surface area contributed by atoms with Crippen LogP contribution in [-0.4, -0.2) is 68.6 Å². The van der Waals surface area contributed by atoms with Crippen LogP contribution < -0.4 is 0 Å². The summed E-state index contributed by atoms with van der Waals surface area (Å²) >= 11 is 0. The maximum absolute atomic E-state index is 11.0. The highest BCUT2D eigenvalue weighted by Crippen LogP contribution is 2.20. The maximum Gasteiger partial charge on any atom is 0.407 e. The van der Waals surface area contributed by atoms with Crippen LogP contribution in [0.25, 0.3) is 0 Å². The van der Waals surface area contributed by atoms with Gasteiger partial charge in [-0.1, -0.05) is 0 Å². The van der Waals surface area contributed by atoms with Gasteiger partial charge in [0, 0.05) is 19.6 Å². The Hall–Kier alpha value is -1.50. The Morgan fingerprint density at radius 2 is 1.82 bits per heavy atom. The number of nitrogens with zero attached hydrogens (tertiary/aromatic N) is 2. The second-order valence-corrected chi connectivity index (χ2v) is 4.87. The van der Waals surface area contributed by atoms with Crippen LogP contribution in [0.1, 0.15) is 20.3 Å². The highest BCUT2D eigenvalue weighted by atomic mass is 16.4. The molecule has 0 aromatic carbocycles. The number of rotatable bonds is 2. The summed E-state index contributed by atoms with van der Waals surface area (Å²) < 4.78 is 0. The van der Waals surface area contributed by atoms with E-state index in [1.807, 2.05) is 0 Å². The van der Waals surface area contributed by atoms with Gasteiger partial charge in [-0.15, -0.1) is 0 Å². The molecule has 0 spiro atoms. The number of hydrogen-bond acceptors (Lipinski definition) is 3. The van der Waals surface area contributed by atoms with Crippen LogP contribution >= 0.6 is 0 Å². The molecule has 1 saturated heterocycles. The Balaban J connectivity index is 2.76. The van der Waals surface area contributed by atoms with E-state index in [-0.39, 0.29) is 26.1 Å².